The summed E-state index contributed by atoms with van der Waals surface area (Å²) in [4.78, 5) is 41.2. The number of nitrogens with zero attached hydrogens (tertiary/aromatic N) is 2. The second-order valence-corrected chi connectivity index (χ2v) is 3.27. The lowest BCUT2D eigenvalue weighted by Crippen LogP contribution is -2.56. The highest BCUT2D eigenvalue weighted by Crippen LogP contribution is 2.09. The number of barbiturate groups is 1. The van der Waals surface area contributed by atoms with Crippen LogP contribution in [0.2, 0.25) is 0 Å². The van der Waals surface area contributed by atoms with Gasteiger partial charge in [-0.3, -0.25) is 30.2 Å². The molecule has 17 heavy (non-hydrogen) atoms. The molecule has 7 nitrogen and oxygen atoms in total. The Kier molecular flexibility index (Phi) is 2.91. The van der Waals surface area contributed by atoms with E-state index in [1.54, 1.807) is 12.1 Å². The van der Waals surface area contributed by atoms with E-state index in [1.165, 1.54) is 18.6 Å². The van der Waals surface area contributed by atoms with E-state index in [-0.39, 0.29) is 0 Å². The van der Waals surface area contributed by atoms with Gasteiger partial charge in [-0.2, -0.15) is 0 Å². The van der Waals surface area contributed by atoms with Crippen LogP contribution in [-0.4, -0.2) is 29.0 Å². The Hall–Kier alpha value is -2.57. The Bertz CT molecular complexity index is 478. The van der Waals surface area contributed by atoms with Crippen molar-refractivity contribution in [3.8, 4) is 0 Å². The largest absolute Gasteiger partial charge is 0.328 e. The van der Waals surface area contributed by atoms with Crippen molar-refractivity contribution < 1.29 is 14.4 Å². The molecule has 86 valence electrons. The van der Waals surface area contributed by atoms with Crippen LogP contribution in [0.15, 0.2) is 29.5 Å². The number of aromatic nitrogens is 1. The van der Waals surface area contributed by atoms with Crippen molar-refractivity contribution in [2.24, 2.45) is 10.9 Å². The number of nitrogens with one attached hydrogen (secondary N) is 2. The van der Waals surface area contributed by atoms with Gasteiger partial charge in [0.05, 0.1) is 5.69 Å². The van der Waals surface area contributed by atoms with Crippen molar-refractivity contribution in [1.82, 2.24) is 15.6 Å². The molecular formula is C10H8N4O3. The van der Waals surface area contributed by atoms with E-state index < -0.39 is 23.8 Å². The van der Waals surface area contributed by atoms with Gasteiger partial charge in [0.2, 0.25) is 11.8 Å². The van der Waals surface area contributed by atoms with Crippen LogP contribution in [0.4, 0.5) is 10.5 Å². The minimum atomic E-state index is -1.10. The van der Waals surface area contributed by atoms with Gasteiger partial charge in [0.1, 0.15) is 0 Å². The molecule has 0 saturated carbocycles. The van der Waals surface area contributed by atoms with Crippen LogP contribution in [0, 0.1) is 5.92 Å². The fourth-order valence-electron chi connectivity index (χ4n) is 1.26. The average molecular weight is 232 g/mol. The molecule has 1 aromatic rings. The average Bonchev–Trinajstić information content (AvgIpc) is 2.29. The molecule has 7 heteroatoms. The number of aliphatic imine (C=N–C) groups is 1. The summed E-state index contributed by atoms with van der Waals surface area (Å²) >= 11 is 0. The summed E-state index contributed by atoms with van der Waals surface area (Å²) in [6.45, 7) is 0. The van der Waals surface area contributed by atoms with Gasteiger partial charge in [-0.05, 0) is 12.1 Å². The Morgan fingerprint density at radius 3 is 2.29 bits per heavy atom. The Morgan fingerprint density at radius 1 is 1.12 bits per heavy atom. The summed E-state index contributed by atoms with van der Waals surface area (Å²) in [7, 11) is 0. The van der Waals surface area contributed by atoms with Crippen LogP contribution in [0.25, 0.3) is 0 Å². The Balaban J connectivity index is 2.13. The van der Waals surface area contributed by atoms with E-state index in [9.17, 15) is 14.4 Å². The molecule has 1 saturated heterocycles. The van der Waals surface area contributed by atoms with E-state index in [1.807, 2.05) is 10.6 Å². The molecule has 0 atom stereocenters. The number of hydrogen-bond donors (Lipinski definition) is 2. The third-order valence-corrected chi connectivity index (χ3v) is 2.07. The highest BCUT2D eigenvalue weighted by atomic mass is 16.2. The molecule has 1 aliphatic heterocycles. The van der Waals surface area contributed by atoms with Crippen molar-refractivity contribution in [1.29, 1.82) is 0 Å². The van der Waals surface area contributed by atoms with Crippen molar-refractivity contribution in [2.75, 3.05) is 0 Å². The first-order valence-corrected chi connectivity index (χ1v) is 4.77. The van der Waals surface area contributed by atoms with Gasteiger partial charge in [-0.25, -0.2) is 4.79 Å². The second kappa shape index (κ2) is 4.52. The molecular weight excluding hydrogens is 224 g/mol. The van der Waals surface area contributed by atoms with Gasteiger partial charge in [-0.15, -0.1) is 0 Å². The first kappa shape index (κ1) is 10.9. The predicted octanol–water partition coefficient (Wildman–Crippen LogP) is -0.234. The number of carbonyl (C=O) groups excluding carboxylic acids is 3. The predicted molar refractivity (Wildman–Crippen MR) is 57.6 cm³/mol. The third-order valence-electron chi connectivity index (χ3n) is 2.07. The van der Waals surface area contributed by atoms with Crippen molar-refractivity contribution in [3.05, 3.63) is 24.5 Å². The molecule has 0 unspecified atom stereocenters. The molecule has 4 amide bonds. The maximum atomic E-state index is 11.3. The molecule has 0 spiro atoms. The third kappa shape index (κ3) is 2.51. The van der Waals surface area contributed by atoms with Crippen LogP contribution in [0.3, 0.4) is 0 Å². The zero-order valence-electron chi connectivity index (χ0n) is 8.58. The Labute approximate surface area is 95.9 Å². The van der Waals surface area contributed by atoms with Crippen LogP contribution in [-0.2, 0) is 9.59 Å². The highest BCUT2D eigenvalue weighted by Gasteiger charge is 2.32. The molecule has 1 aromatic heterocycles. The van der Waals surface area contributed by atoms with Crippen LogP contribution >= 0.6 is 0 Å². The van der Waals surface area contributed by atoms with Gasteiger partial charge >= 0.3 is 6.03 Å². The van der Waals surface area contributed by atoms with Gasteiger partial charge in [0, 0.05) is 18.6 Å². The summed E-state index contributed by atoms with van der Waals surface area (Å²) in [6.07, 6.45) is 4.26. The molecule has 0 radical (unpaired) electrons. The van der Waals surface area contributed by atoms with E-state index >= 15 is 0 Å². The molecule has 1 aliphatic rings. The summed E-state index contributed by atoms with van der Waals surface area (Å²) in [5.74, 6) is -2.46. The summed E-state index contributed by atoms with van der Waals surface area (Å²) in [6, 6.07) is 2.44. The van der Waals surface area contributed by atoms with Gasteiger partial charge in [0.15, 0.2) is 5.92 Å². The molecule has 1 fully saturated rings. The first-order chi connectivity index (χ1) is 8.16. The van der Waals surface area contributed by atoms with Crippen LogP contribution in [0.1, 0.15) is 0 Å². The first-order valence-electron chi connectivity index (χ1n) is 4.77. The molecule has 2 heterocycles. The van der Waals surface area contributed by atoms with E-state index in [0.29, 0.717) is 5.69 Å². The standard InChI is InChI=1S/C10H8N4O3/c15-8-7(9(16)14-10(17)13-8)5-12-6-1-3-11-4-2-6/h1-5,7H,(H2,13,14,15,16,17). The minimum Gasteiger partial charge on any atom is -0.277 e. The van der Waals surface area contributed by atoms with Gasteiger partial charge in [-0.1, -0.05) is 0 Å². The van der Waals surface area contributed by atoms with Gasteiger partial charge < -0.3 is 0 Å². The fraction of sp³-hybridized carbons (Fsp3) is 0.100. The number of amides is 4. The molecule has 0 aromatic carbocycles. The summed E-state index contributed by atoms with van der Waals surface area (Å²) in [5.41, 5.74) is 0.567. The van der Waals surface area contributed by atoms with Gasteiger partial charge in [0.25, 0.3) is 0 Å². The number of imide groups is 2. The second-order valence-electron chi connectivity index (χ2n) is 3.27. The normalized spacial score (nSPS) is 17.1. The zero-order valence-corrected chi connectivity index (χ0v) is 8.58. The SMILES string of the molecule is O=C1NC(=O)C(C=Nc2ccncc2)C(=O)N1. The lowest BCUT2D eigenvalue weighted by Gasteiger charge is -2.16. The van der Waals surface area contributed by atoms with Crippen molar-refractivity contribution in [2.45, 2.75) is 0 Å². The van der Waals surface area contributed by atoms with Crippen molar-refractivity contribution in [3.63, 3.8) is 0 Å². The van der Waals surface area contributed by atoms with Crippen LogP contribution < -0.4 is 10.6 Å². The quantitative estimate of drug-likeness (QED) is 0.543. The minimum absolute atomic E-state index is 0.567. The van der Waals surface area contributed by atoms with E-state index in [4.69, 9.17) is 0 Å². The number of rotatable bonds is 2. The fourth-order valence-corrected chi connectivity index (χ4v) is 1.26. The number of pyridine rings is 1. The smallest absolute Gasteiger partial charge is 0.277 e. The number of hydrogen-bond acceptors (Lipinski definition) is 5. The molecule has 2 N–H and O–H groups in total. The monoisotopic (exact) mass is 232 g/mol. The number of urea groups is 1. The lowest BCUT2D eigenvalue weighted by molar-refractivity contribution is -0.132. The lowest BCUT2D eigenvalue weighted by atomic mass is 10.1. The van der Waals surface area contributed by atoms with Crippen LogP contribution in [0.5, 0.6) is 0 Å². The molecule has 2 rings (SSSR count). The highest BCUT2D eigenvalue weighted by molar-refractivity contribution is 6.23. The van der Waals surface area contributed by atoms with Crippen molar-refractivity contribution >= 4 is 29.7 Å². The zero-order chi connectivity index (χ0) is 12.3. The molecule has 0 bridgehead atoms. The summed E-state index contributed by atoms with van der Waals surface area (Å²) in [5, 5.41) is 3.97. The molecule has 0 aliphatic carbocycles. The maximum absolute atomic E-state index is 11.3. The van der Waals surface area contributed by atoms with E-state index in [0.717, 1.165) is 0 Å². The summed E-state index contributed by atoms with van der Waals surface area (Å²) < 4.78 is 0. The number of carbonyl (C=O) groups is 3. The Morgan fingerprint density at radius 2 is 1.71 bits per heavy atom. The topological polar surface area (TPSA) is 101 Å². The maximum Gasteiger partial charge on any atom is 0.328 e. The van der Waals surface area contributed by atoms with E-state index in [2.05, 4.69) is 9.98 Å².